The number of benzene rings is 2. The molecule has 1 atom stereocenters. The van der Waals surface area contributed by atoms with E-state index in [0.29, 0.717) is 0 Å². The molecular weight excluding hydrogens is 309 g/mol. The lowest BCUT2D eigenvalue weighted by Crippen LogP contribution is -2.17. The van der Waals surface area contributed by atoms with Gasteiger partial charge in [-0.15, -0.1) is 0 Å². The molecule has 106 valence electrons. The summed E-state index contributed by atoms with van der Waals surface area (Å²) in [4.78, 5) is 2.28. The highest BCUT2D eigenvalue weighted by Gasteiger charge is 2.09. The zero-order chi connectivity index (χ0) is 14.5. The van der Waals surface area contributed by atoms with Crippen molar-refractivity contribution in [1.29, 1.82) is 0 Å². The molecule has 0 bridgehead atoms. The van der Waals surface area contributed by atoms with Gasteiger partial charge in [0.05, 0.1) is 0 Å². The van der Waals surface area contributed by atoms with Gasteiger partial charge < -0.3 is 5.32 Å². The van der Waals surface area contributed by atoms with Crippen molar-refractivity contribution >= 4 is 35.0 Å². The van der Waals surface area contributed by atoms with Crippen molar-refractivity contribution in [3.05, 3.63) is 58.1 Å². The summed E-state index contributed by atoms with van der Waals surface area (Å²) in [6.45, 7) is 5.14. The van der Waals surface area contributed by atoms with Crippen LogP contribution in [0, 0.1) is 0 Å². The Kier molecular flexibility index (Phi) is 5.79. The van der Waals surface area contributed by atoms with Gasteiger partial charge in [-0.1, -0.05) is 48.0 Å². The predicted molar refractivity (Wildman–Crippen MR) is 89.1 cm³/mol. The number of halogens is 2. The summed E-state index contributed by atoms with van der Waals surface area (Å²) < 4.78 is 0. The standard InChI is InChI=1S/C16H17Cl2NS/c1-3-19-11(2)15-9-8-14(10-16(15)18)20-13-6-4-12(17)5-7-13/h4-11,19H,3H2,1-2H3. The van der Waals surface area contributed by atoms with Gasteiger partial charge in [-0.3, -0.25) is 0 Å². The molecule has 2 aromatic carbocycles. The van der Waals surface area contributed by atoms with Gasteiger partial charge in [0.1, 0.15) is 0 Å². The molecule has 0 radical (unpaired) electrons. The lowest BCUT2D eigenvalue weighted by molar-refractivity contribution is 0.598. The minimum absolute atomic E-state index is 0.266. The topological polar surface area (TPSA) is 12.0 Å². The van der Waals surface area contributed by atoms with Crippen LogP contribution >= 0.6 is 35.0 Å². The molecule has 1 N–H and O–H groups in total. The fourth-order valence-electron chi connectivity index (χ4n) is 1.98. The smallest absolute Gasteiger partial charge is 0.0464 e. The van der Waals surface area contributed by atoms with Gasteiger partial charge in [0.2, 0.25) is 0 Å². The molecule has 0 amide bonds. The summed E-state index contributed by atoms with van der Waals surface area (Å²) in [5.41, 5.74) is 1.13. The molecule has 1 unspecified atom stereocenters. The zero-order valence-electron chi connectivity index (χ0n) is 11.5. The maximum atomic E-state index is 6.38. The summed E-state index contributed by atoms with van der Waals surface area (Å²) in [5.74, 6) is 0. The van der Waals surface area contributed by atoms with E-state index in [4.69, 9.17) is 23.2 Å². The van der Waals surface area contributed by atoms with E-state index in [9.17, 15) is 0 Å². The average molecular weight is 326 g/mol. The highest BCUT2D eigenvalue weighted by molar-refractivity contribution is 7.99. The van der Waals surface area contributed by atoms with Crippen molar-refractivity contribution < 1.29 is 0 Å². The molecule has 2 rings (SSSR count). The highest BCUT2D eigenvalue weighted by atomic mass is 35.5. The Morgan fingerprint density at radius 2 is 1.70 bits per heavy atom. The van der Waals surface area contributed by atoms with E-state index in [2.05, 4.69) is 31.3 Å². The van der Waals surface area contributed by atoms with Gasteiger partial charge in [-0.05, 0) is 55.4 Å². The van der Waals surface area contributed by atoms with Gasteiger partial charge >= 0.3 is 0 Å². The highest BCUT2D eigenvalue weighted by Crippen LogP contribution is 2.33. The number of hydrogen-bond donors (Lipinski definition) is 1. The molecule has 20 heavy (non-hydrogen) atoms. The second kappa shape index (κ2) is 7.37. The summed E-state index contributed by atoms with van der Waals surface area (Å²) >= 11 is 13.9. The van der Waals surface area contributed by atoms with E-state index in [-0.39, 0.29) is 6.04 Å². The third-order valence-corrected chi connectivity index (χ3v) is 4.57. The third-order valence-electron chi connectivity index (χ3n) is 3.00. The Balaban J connectivity index is 2.14. The van der Waals surface area contributed by atoms with Crippen molar-refractivity contribution in [2.24, 2.45) is 0 Å². The number of rotatable bonds is 5. The predicted octanol–water partition coefficient (Wildman–Crippen LogP) is 5.82. The van der Waals surface area contributed by atoms with E-state index in [1.54, 1.807) is 11.8 Å². The van der Waals surface area contributed by atoms with Crippen LogP contribution in [0.15, 0.2) is 52.3 Å². The van der Waals surface area contributed by atoms with E-state index in [0.717, 1.165) is 31.9 Å². The summed E-state index contributed by atoms with van der Waals surface area (Å²) in [7, 11) is 0. The van der Waals surface area contributed by atoms with Crippen LogP contribution < -0.4 is 5.32 Å². The van der Waals surface area contributed by atoms with Crippen molar-refractivity contribution in [1.82, 2.24) is 5.32 Å². The fraction of sp³-hybridized carbons (Fsp3) is 0.250. The first-order chi connectivity index (χ1) is 9.60. The first-order valence-corrected chi connectivity index (χ1v) is 8.13. The summed E-state index contributed by atoms with van der Waals surface area (Å²) in [5, 5.41) is 4.93. The first kappa shape index (κ1) is 15.7. The molecule has 0 heterocycles. The second-order valence-electron chi connectivity index (χ2n) is 4.52. The molecule has 0 saturated carbocycles. The molecule has 0 aromatic heterocycles. The Bertz CT molecular complexity index is 569. The van der Waals surface area contributed by atoms with Gasteiger partial charge in [-0.2, -0.15) is 0 Å². The molecule has 0 aliphatic heterocycles. The molecule has 2 aromatic rings. The molecule has 0 spiro atoms. The Morgan fingerprint density at radius 1 is 1.05 bits per heavy atom. The average Bonchev–Trinajstić information content (AvgIpc) is 2.42. The first-order valence-electron chi connectivity index (χ1n) is 6.56. The molecule has 4 heteroatoms. The van der Waals surface area contributed by atoms with Crippen LogP contribution in [0.25, 0.3) is 0 Å². The number of hydrogen-bond acceptors (Lipinski definition) is 2. The fourth-order valence-corrected chi connectivity index (χ4v) is 3.37. The van der Waals surface area contributed by atoms with Crippen LogP contribution in [-0.4, -0.2) is 6.54 Å². The van der Waals surface area contributed by atoms with Crippen LogP contribution in [0.5, 0.6) is 0 Å². The normalized spacial score (nSPS) is 12.4. The molecule has 0 aliphatic rings. The van der Waals surface area contributed by atoms with Crippen LogP contribution in [0.4, 0.5) is 0 Å². The van der Waals surface area contributed by atoms with E-state index >= 15 is 0 Å². The summed E-state index contributed by atoms with van der Waals surface area (Å²) in [6.07, 6.45) is 0. The van der Waals surface area contributed by atoms with Crippen LogP contribution in [0.2, 0.25) is 10.0 Å². The van der Waals surface area contributed by atoms with Crippen molar-refractivity contribution in [2.75, 3.05) is 6.54 Å². The van der Waals surface area contributed by atoms with Gasteiger partial charge in [0.25, 0.3) is 0 Å². The largest absolute Gasteiger partial charge is 0.310 e. The van der Waals surface area contributed by atoms with Crippen molar-refractivity contribution in [2.45, 2.75) is 29.7 Å². The maximum Gasteiger partial charge on any atom is 0.0464 e. The minimum Gasteiger partial charge on any atom is -0.310 e. The van der Waals surface area contributed by atoms with Crippen LogP contribution in [-0.2, 0) is 0 Å². The molecule has 0 saturated heterocycles. The molecular formula is C16H17Cl2NS. The van der Waals surface area contributed by atoms with Crippen LogP contribution in [0.3, 0.4) is 0 Å². The van der Waals surface area contributed by atoms with Crippen LogP contribution in [0.1, 0.15) is 25.5 Å². The van der Waals surface area contributed by atoms with Gasteiger partial charge in [0.15, 0.2) is 0 Å². The lowest BCUT2D eigenvalue weighted by atomic mass is 10.1. The monoisotopic (exact) mass is 325 g/mol. The molecule has 0 aliphatic carbocycles. The quantitative estimate of drug-likeness (QED) is 0.743. The van der Waals surface area contributed by atoms with Gasteiger partial charge in [-0.25, -0.2) is 0 Å². The maximum absolute atomic E-state index is 6.38. The van der Waals surface area contributed by atoms with E-state index in [1.165, 1.54) is 0 Å². The lowest BCUT2D eigenvalue weighted by Gasteiger charge is -2.15. The molecule has 0 fully saturated rings. The Hall–Kier alpha value is -0.670. The van der Waals surface area contributed by atoms with E-state index in [1.807, 2.05) is 30.3 Å². The Morgan fingerprint density at radius 3 is 2.30 bits per heavy atom. The number of nitrogens with one attached hydrogen (secondary N) is 1. The third kappa shape index (κ3) is 4.16. The summed E-state index contributed by atoms with van der Waals surface area (Å²) in [6, 6.07) is 14.3. The minimum atomic E-state index is 0.266. The van der Waals surface area contributed by atoms with Gasteiger partial charge in [0, 0.05) is 25.9 Å². The van der Waals surface area contributed by atoms with Crippen molar-refractivity contribution in [3.8, 4) is 0 Å². The second-order valence-corrected chi connectivity index (χ2v) is 6.51. The SMILES string of the molecule is CCNC(C)c1ccc(Sc2ccc(Cl)cc2)cc1Cl. The molecule has 1 nitrogen and oxygen atoms in total. The Labute approximate surface area is 134 Å². The zero-order valence-corrected chi connectivity index (χ0v) is 13.8. The van der Waals surface area contributed by atoms with E-state index < -0.39 is 0 Å². The van der Waals surface area contributed by atoms with Crippen molar-refractivity contribution in [3.63, 3.8) is 0 Å².